The molecule has 2 aromatic carbocycles. The molecule has 4 N–H and O–H groups in total. The van der Waals surface area contributed by atoms with E-state index in [4.69, 9.17) is 9.84 Å². The number of H-pyrrole nitrogens is 1. The second-order valence-corrected chi connectivity index (χ2v) is 7.59. The van der Waals surface area contributed by atoms with Gasteiger partial charge in [0.05, 0.1) is 39.0 Å². The number of aryl methyl sites for hydroxylation is 1. The van der Waals surface area contributed by atoms with Crippen LogP contribution in [0.4, 0.5) is 16.2 Å². The maximum absolute atomic E-state index is 12.2. The zero-order chi connectivity index (χ0) is 26.9. The van der Waals surface area contributed by atoms with Gasteiger partial charge in [-0.1, -0.05) is 6.07 Å². The van der Waals surface area contributed by atoms with E-state index in [1.54, 1.807) is 0 Å². The first kappa shape index (κ1) is 24.5. The number of fused-ring (bicyclic) bond motifs is 1. The van der Waals surface area contributed by atoms with Crippen molar-refractivity contribution in [2.24, 2.45) is 7.05 Å². The van der Waals surface area contributed by atoms with Crippen LogP contribution in [0.25, 0.3) is 22.4 Å². The van der Waals surface area contributed by atoms with Crippen molar-refractivity contribution in [3.63, 3.8) is 0 Å². The number of carbonyl (C=O) groups excluding carboxylic acids is 1. The summed E-state index contributed by atoms with van der Waals surface area (Å²) in [6.45, 7) is -0.311. The molecule has 15 heteroatoms. The quantitative estimate of drug-likeness (QED) is 0.210. The van der Waals surface area contributed by atoms with E-state index in [1.165, 1.54) is 43.6 Å². The van der Waals surface area contributed by atoms with E-state index in [0.717, 1.165) is 10.6 Å². The first-order chi connectivity index (χ1) is 17.5. The summed E-state index contributed by atoms with van der Waals surface area (Å²) in [7, 11) is 1.27. The fourth-order valence-electron chi connectivity index (χ4n) is 3.44. The number of aromatic nitrogens is 4. The monoisotopic (exact) mass is 508 g/mol. The Morgan fingerprint density at radius 3 is 2.62 bits per heavy atom. The average Bonchev–Trinajstić information content (AvgIpc) is 3.33. The summed E-state index contributed by atoms with van der Waals surface area (Å²) in [4.78, 5) is 68.4. The molecule has 37 heavy (non-hydrogen) atoms. The van der Waals surface area contributed by atoms with Gasteiger partial charge in [-0.3, -0.25) is 20.2 Å². The van der Waals surface area contributed by atoms with Crippen LogP contribution in [0, 0.1) is 10.1 Å². The van der Waals surface area contributed by atoms with Crippen molar-refractivity contribution in [1.29, 1.82) is 0 Å². The van der Waals surface area contributed by atoms with Crippen molar-refractivity contribution >= 4 is 40.4 Å². The van der Waals surface area contributed by atoms with Crippen LogP contribution in [0.5, 0.6) is 0 Å². The van der Waals surface area contributed by atoms with Crippen LogP contribution in [0.1, 0.15) is 26.5 Å². The molecule has 4 aromatic rings. The molecule has 0 aliphatic rings. The molecule has 0 aliphatic carbocycles. The standard InChI is InChI=1S/C22H16N6O9/c1-27-16-7-15(28(35)36)13(6-14(16)26-17(19(27)29)21(32)33)18-23-8-12(24-18)9-37-22(34)25-11-4-2-3-10(5-11)20(30)31/h2-8H,9H2,1H3,(H,23,24)(H,25,34)(H,30,31)(H,32,33). The van der Waals surface area contributed by atoms with Crippen LogP contribution in [0.2, 0.25) is 0 Å². The fraction of sp³-hybridized carbons (Fsp3) is 0.0909. The molecule has 0 fully saturated rings. The van der Waals surface area contributed by atoms with Crippen LogP contribution >= 0.6 is 0 Å². The van der Waals surface area contributed by atoms with Gasteiger partial charge in [0.25, 0.3) is 11.2 Å². The SMILES string of the molecule is Cn1c(=O)c(C(=O)O)nc2cc(-c3ncc(COC(=O)Nc4cccc(C(=O)O)c4)[nH]3)c([N+](=O)[O-])cc21. The summed E-state index contributed by atoms with van der Waals surface area (Å²) in [5.74, 6) is -2.71. The summed E-state index contributed by atoms with van der Waals surface area (Å²) < 4.78 is 6.04. The molecule has 0 saturated heterocycles. The van der Waals surface area contributed by atoms with Crippen molar-refractivity contribution in [3.05, 3.63) is 80.0 Å². The molecule has 2 aromatic heterocycles. The molecular formula is C22H16N6O9. The van der Waals surface area contributed by atoms with Crippen LogP contribution in [0.15, 0.2) is 47.4 Å². The minimum atomic E-state index is -1.55. The van der Waals surface area contributed by atoms with Crippen molar-refractivity contribution < 1.29 is 34.3 Å². The number of nitrogens with one attached hydrogen (secondary N) is 2. The summed E-state index contributed by atoms with van der Waals surface area (Å²) in [6.07, 6.45) is 0.389. The summed E-state index contributed by atoms with van der Waals surface area (Å²) in [5, 5.41) is 32.4. The Morgan fingerprint density at radius 2 is 1.95 bits per heavy atom. The van der Waals surface area contributed by atoms with Gasteiger partial charge in [0.2, 0.25) is 5.69 Å². The second kappa shape index (κ2) is 9.57. The van der Waals surface area contributed by atoms with Crippen molar-refractivity contribution in [3.8, 4) is 11.4 Å². The predicted molar refractivity (Wildman–Crippen MR) is 125 cm³/mol. The number of carboxylic acid groups (broad SMARTS) is 2. The van der Waals surface area contributed by atoms with E-state index in [9.17, 15) is 34.4 Å². The van der Waals surface area contributed by atoms with Crippen molar-refractivity contribution in [1.82, 2.24) is 19.5 Å². The molecule has 0 bridgehead atoms. The second-order valence-electron chi connectivity index (χ2n) is 7.59. The average molecular weight is 508 g/mol. The lowest BCUT2D eigenvalue weighted by Crippen LogP contribution is -2.26. The molecule has 0 radical (unpaired) electrons. The number of amides is 1. The van der Waals surface area contributed by atoms with Gasteiger partial charge in [-0.25, -0.2) is 24.4 Å². The van der Waals surface area contributed by atoms with Crippen LogP contribution in [-0.2, 0) is 18.4 Å². The smallest absolute Gasteiger partial charge is 0.412 e. The minimum absolute atomic E-state index is 0.00861. The number of aromatic amines is 1. The molecule has 0 aliphatic heterocycles. The van der Waals surface area contributed by atoms with Gasteiger partial charge in [-0.05, 0) is 24.3 Å². The molecule has 0 saturated carbocycles. The molecule has 0 spiro atoms. The molecule has 188 valence electrons. The van der Waals surface area contributed by atoms with Gasteiger partial charge < -0.3 is 24.5 Å². The summed E-state index contributed by atoms with van der Waals surface area (Å²) >= 11 is 0. The van der Waals surface area contributed by atoms with Crippen molar-refractivity contribution in [2.75, 3.05) is 5.32 Å². The maximum Gasteiger partial charge on any atom is 0.412 e. The lowest BCUT2D eigenvalue weighted by Gasteiger charge is -2.08. The maximum atomic E-state index is 12.2. The normalized spacial score (nSPS) is 10.7. The number of hydrogen-bond donors (Lipinski definition) is 4. The predicted octanol–water partition coefficient (Wildman–Crippen LogP) is 2.38. The summed E-state index contributed by atoms with van der Waals surface area (Å²) in [5.41, 5.74) is -1.65. The Labute approximate surface area is 205 Å². The van der Waals surface area contributed by atoms with Crippen molar-refractivity contribution in [2.45, 2.75) is 6.61 Å². The Bertz CT molecular complexity index is 1660. The molecule has 4 rings (SSSR count). The number of carboxylic acids is 2. The van der Waals surface area contributed by atoms with E-state index >= 15 is 0 Å². The largest absolute Gasteiger partial charge is 0.478 e. The lowest BCUT2D eigenvalue weighted by molar-refractivity contribution is -0.384. The highest BCUT2D eigenvalue weighted by Gasteiger charge is 2.23. The number of hydrogen-bond acceptors (Lipinski definition) is 9. The number of ether oxygens (including phenoxy) is 1. The number of nitro groups is 1. The molecule has 15 nitrogen and oxygen atoms in total. The first-order valence-electron chi connectivity index (χ1n) is 10.3. The minimum Gasteiger partial charge on any atom is -0.478 e. The highest BCUT2D eigenvalue weighted by atomic mass is 16.6. The first-order valence-corrected chi connectivity index (χ1v) is 10.3. The van der Waals surface area contributed by atoms with Crippen LogP contribution < -0.4 is 10.9 Å². The van der Waals surface area contributed by atoms with Gasteiger partial charge >= 0.3 is 18.0 Å². The number of benzene rings is 2. The van der Waals surface area contributed by atoms with Crippen LogP contribution in [0.3, 0.4) is 0 Å². The number of nitro benzene ring substituents is 1. The van der Waals surface area contributed by atoms with E-state index in [0.29, 0.717) is 0 Å². The van der Waals surface area contributed by atoms with Gasteiger partial charge in [0.15, 0.2) is 0 Å². The van der Waals surface area contributed by atoms with Gasteiger partial charge in [0.1, 0.15) is 12.4 Å². The Kier molecular flexibility index (Phi) is 6.34. The Morgan fingerprint density at radius 1 is 1.19 bits per heavy atom. The summed E-state index contributed by atoms with van der Waals surface area (Å²) in [6, 6.07) is 7.83. The van der Waals surface area contributed by atoms with E-state index in [1.807, 2.05) is 0 Å². The van der Waals surface area contributed by atoms with E-state index in [-0.39, 0.29) is 46.0 Å². The number of carbonyl (C=O) groups is 3. The Balaban J connectivity index is 1.59. The molecular weight excluding hydrogens is 492 g/mol. The van der Waals surface area contributed by atoms with Gasteiger partial charge in [0, 0.05) is 18.8 Å². The molecule has 2 heterocycles. The fourth-order valence-corrected chi connectivity index (χ4v) is 3.44. The number of imidazole rings is 1. The number of aromatic carboxylic acids is 2. The number of nitrogens with zero attached hydrogens (tertiary/aromatic N) is 4. The molecule has 0 atom stereocenters. The van der Waals surface area contributed by atoms with Gasteiger partial charge in [-0.15, -0.1) is 0 Å². The van der Waals surface area contributed by atoms with E-state index in [2.05, 4.69) is 20.3 Å². The molecule has 1 amide bonds. The highest BCUT2D eigenvalue weighted by molar-refractivity contribution is 5.92. The number of anilines is 1. The highest BCUT2D eigenvalue weighted by Crippen LogP contribution is 2.31. The Hall–Kier alpha value is -5.60. The number of rotatable bonds is 7. The van der Waals surface area contributed by atoms with Gasteiger partial charge in [-0.2, -0.15) is 0 Å². The zero-order valence-electron chi connectivity index (χ0n) is 18.8. The van der Waals surface area contributed by atoms with Crippen LogP contribution in [-0.4, -0.2) is 52.7 Å². The molecule has 0 unspecified atom stereocenters. The van der Waals surface area contributed by atoms with E-state index < -0.39 is 39.9 Å². The third-order valence-electron chi connectivity index (χ3n) is 5.19. The lowest BCUT2D eigenvalue weighted by atomic mass is 10.1. The topological polar surface area (TPSA) is 220 Å². The third kappa shape index (κ3) is 4.95. The zero-order valence-corrected chi connectivity index (χ0v) is 18.8. The third-order valence-corrected chi connectivity index (χ3v) is 5.19.